The van der Waals surface area contributed by atoms with Crippen molar-refractivity contribution in [3.05, 3.63) is 53.3 Å². The predicted molar refractivity (Wildman–Crippen MR) is 106 cm³/mol. The summed E-state index contributed by atoms with van der Waals surface area (Å²) in [5.41, 5.74) is 1.86. The van der Waals surface area contributed by atoms with Crippen molar-refractivity contribution < 1.29 is 23.5 Å². The van der Waals surface area contributed by atoms with E-state index in [0.717, 1.165) is 18.4 Å². The first kappa shape index (κ1) is 19.2. The summed E-state index contributed by atoms with van der Waals surface area (Å²) in [5, 5.41) is 2.67. The molecule has 1 heterocycles. The van der Waals surface area contributed by atoms with Crippen molar-refractivity contribution in [3.63, 3.8) is 0 Å². The van der Waals surface area contributed by atoms with Gasteiger partial charge in [0.15, 0.2) is 0 Å². The van der Waals surface area contributed by atoms with E-state index in [1.54, 1.807) is 20.3 Å². The molecule has 0 unspecified atom stereocenters. The van der Waals surface area contributed by atoms with Crippen LogP contribution in [-0.4, -0.2) is 37.0 Å². The number of carbonyl (C=O) groups is 2. The minimum Gasteiger partial charge on any atom is -0.497 e. The van der Waals surface area contributed by atoms with Gasteiger partial charge >= 0.3 is 0 Å². The molecule has 1 fully saturated rings. The van der Waals surface area contributed by atoms with Crippen LogP contribution < -0.4 is 14.8 Å². The molecule has 0 saturated heterocycles. The van der Waals surface area contributed by atoms with E-state index in [9.17, 15) is 14.0 Å². The van der Waals surface area contributed by atoms with Crippen LogP contribution in [0.5, 0.6) is 11.5 Å². The second-order valence-electron chi connectivity index (χ2n) is 7.41. The van der Waals surface area contributed by atoms with Gasteiger partial charge in [-0.15, -0.1) is 0 Å². The lowest BCUT2D eigenvalue weighted by Gasteiger charge is -2.31. The summed E-state index contributed by atoms with van der Waals surface area (Å²) >= 11 is 0. The highest BCUT2D eigenvalue weighted by Crippen LogP contribution is 2.38. The van der Waals surface area contributed by atoms with Crippen LogP contribution in [0.15, 0.2) is 36.4 Å². The lowest BCUT2D eigenvalue weighted by molar-refractivity contribution is -0.136. The zero-order valence-corrected chi connectivity index (χ0v) is 16.4. The molecule has 0 spiro atoms. The molecular weight excluding hydrogens is 375 g/mol. The fraction of sp³-hybridized carbons (Fsp3) is 0.364. The molecule has 6 nitrogen and oxygen atoms in total. The molecule has 4 rings (SSSR count). The zero-order valence-electron chi connectivity index (χ0n) is 16.4. The summed E-state index contributed by atoms with van der Waals surface area (Å²) in [5.74, 6) is -0.125. The molecule has 1 N–H and O–H groups in total. The van der Waals surface area contributed by atoms with E-state index < -0.39 is 11.7 Å². The van der Waals surface area contributed by atoms with Crippen molar-refractivity contribution in [1.29, 1.82) is 0 Å². The van der Waals surface area contributed by atoms with Gasteiger partial charge in [-0.1, -0.05) is 6.07 Å². The van der Waals surface area contributed by atoms with Crippen LogP contribution in [0, 0.1) is 5.82 Å². The van der Waals surface area contributed by atoms with Gasteiger partial charge in [-0.3, -0.25) is 9.59 Å². The third-order valence-corrected chi connectivity index (χ3v) is 5.45. The number of hydrogen-bond acceptors (Lipinski definition) is 4. The summed E-state index contributed by atoms with van der Waals surface area (Å²) in [7, 11) is 3.18. The summed E-state index contributed by atoms with van der Waals surface area (Å²) in [6.45, 7) is 0.360. The standard InChI is InChI=1S/C22H23FN2O4/c1-28-16-6-8-20(29-2)13(9-16)12-25(15-4-5-15)22(27)18-11-21(26)24-19-10-14(23)3-7-17(18)19/h3,6-10,15,18H,4-5,11-12H2,1-2H3,(H,24,26)/t18-/m1/s1. The second-order valence-corrected chi connectivity index (χ2v) is 7.41. The van der Waals surface area contributed by atoms with Crippen molar-refractivity contribution in [2.45, 2.75) is 37.8 Å². The first-order valence-corrected chi connectivity index (χ1v) is 9.61. The van der Waals surface area contributed by atoms with Crippen molar-refractivity contribution in [1.82, 2.24) is 4.90 Å². The van der Waals surface area contributed by atoms with Gasteiger partial charge in [-0.05, 0) is 48.7 Å². The first-order valence-electron chi connectivity index (χ1n) is 9.61. The summed E-state index contributed by atoms with van der Waals surface area (Å²) in [6.07, 6.45) is 1.90. The Balaban J connectivity index is 1.65. The molecule has 1 saturated carbocycles. The second kappa shape index (κ2) is 7.73. The molecule has 1 aliphatic carbocycles. The van der Waals surface area contributed by atoms with Gasteiger partial charge in [0, 0.05) is 30.3 Å². The van der Waals surface area contributed by atoms with Crippen molar-refractivity contribution in [2.24, 2.45) is 0 Å². The van der Waals surface area contributed by atoms with Gasteiger partial charge in [0.2, 0.25) is 11.8 Å². The molecule has 2 amide bonds. The van der Waals surface area contributed by atoms with Crippen LogP contribution in [0.2, 0.25) is 0 Å². The summed E-state index contributed by atoms with van der Waals surface area (Å²) < 4.78 is 24.4. The normalized spacial score (nSPS) is 17.9. The van der Waals surface area contributed by atoms with Crippen LogP contribution in [0.1, 0.15) is 36.3 Å². The fourth-order valence-electron chi connectivity index (χ4n) is 3.82. The molecular formula is C22H23FN2O4. The van der Waals surface area contributed by atoms with Crippen LogP contribution in [0.4, 0.5) is 10.1 Å². The van der Waals surface area contributed by atoms with Crippen LogP contribution in [0.25, 0.3) is 0 Å². The lowest BCUT2D eigenvalue weighted by Crippen LogP contribution is -2.39. The van der Waals surface area contributed by atoms with E-state index in [2.05, 4.69) is 5.32 Å². The molecule has 152 valence electrons. The van der Waals surface area contributed by atoms with E-state index in [-0.39, 0.29) is 24.3 Å². The smallest absolute Gasteiger partial charge is 0.231 e. The highest BCUT2D eigenvalue weighted by molar-refractivity contribution is 6.01. The SMILES string of the molecule is COc1ccc(OC)c(CN(C(=O)[C@@H]2CC(=O)Nc3cc(F)ccc32)C2CC2)c1. The van der Waals surface area contributed by atoms with Crippen molar-refractivity contribution in [2.75, 3.05) is 19.5 Å². The van der Waals surface area contributed by atoms with Crippen LogP contribution in [0.3, 0.4) is 0 Å². The molecule has 2 aliphatic rings. The number of rotatable bonds is 6. The Bertz CT molecular complexity index is 958. The maximum Gasteiger partial charge on any atom is 0.231 e. The lowest BCUT2D eigenvalue weighted by atomic mass is 9.89. The Kier molecular flexibility index (Phi) is 5.13. The Morgan fingerprint density at radius 1 is 1.17 bits per heavy atom. The molecule has 1 atom stereocenters. The van der Waals surface area contributed by atoms with Crippen LogP contribution in [-0.2, 0) is 16.1 Å². The van der Waals surface area contributed by atoms with Gasteiger partial charge in [0.05, 0.1) is 20.1 Å². The zero-order chi connectivity index (χ0) is 20.5. The van der Waals surface area contributed by atoms with Gasteiger partial charge in [-0.2, -0.15) is 0 Å². The molecule has 2 aromatic rings. The quantitative estimate of drug-likeness (QED) is 0.809. The van der Waals surface area contributed by atoms with Crippen molar-refractivity contribution >= 4 is 17.5 Å². The minimum atomic E-state index is -0.628. The van der Waals surface area contributed by atoms with E-state index in [1.165, 1.54) is 12.1 Å². The van der Waals surface area contributed by atoms with Crippen molar-refractivity contribution in [3.8, 4) is 11.5 Å². The Hall–Kier alpha value is -3.09. The van der Waals surface area contributed by atoms with Crippen LogP contribution >= 0.6 is 0 Å². The maximum atomic E-state index is 13.6. The highest BCUT2D eigenvalue weighted by Gasteiger charge is 2.39. The summed E-state index contributed by atoms with van der Waals surface area (Å²) in [4.78, 5) is 27.5. The fourth-order valence-corrected chi connectivity index (χ4v) is 3.82. The molecule has 29 heavy (non-hydrogen) atoms. The van der Waals surface area contributed by atoms with E-state index in [1.807, 2.05) is 23.1 Å². The number of benzene rings is 2. The van der Waals surface area contributed by atoms with Gasteiger partial charge in [-0.25, -0.2) is 4.39 Å². The first-order chi connectivity index (χ1) is 14.0. The Labute approximate surface area is 168 Å². The largest absolute Gasteiger partial charge is 0.497 e. The molecule has 2 aromatic carbocycles. The molecule has 0 bridgehead atoms. The number of methoxy groups -OCH3 is 2. The molecule has 1 aliphatic heterocycles. The molecule has 7 heteroatoms. The maximum absolute atomic E-state index is 13.6. The predicted octanol–water partition coefficient (Wildman–Crippen LogP) is 3.46. The highest BCUT2D eigenvalue weighted by atomic mass is 19.1. The van der Waals surface area contributed by atoms with E-state index in [0.29, 0.717) is 29.3 Å². The number of nitrogens with zero attached hydrogens (tertiary/aromatic N) is 1. The summed E-state index contributed by atoms with van der Waals surface area (Å²) in [6, 6.07) is 9.79. The number of halogens is 1. The Morgan fingerprint density at radius 3 is 2.66 bits per heavy atom. The number of carbonyl (C=O) groups excluding carboxylic acids is 2. The third kappa shape index (κ3) is 3.90. The van der Waals surface area contributed by atoms with E-state index >= 15 is 0 Å². The Morgan fingerprint density at radius 2 is 1.97 bits per heavy atom. The number of ether oxygens (including phenoxy) is 2. The number of amides is 2. The molecule has 0 radical (unpaired) electrons. The monoisotopic (exact) mass is 398 g/mol. The molecule has 0 aromatic heterocycles. The topological polar surface area (TPSA) is 67.9 Å². The minimum absolute atomic E-state index is 0.0515. The van der Waals surface area contributed by atoms with Gasteiger partial charge in [0.1, 0.15) is 17.3 Å². The van der Waals surface area contributed by atoms with Gasteiger partial charge < -0.3 is 19.7 Å². The number of fused-ring (bicyclic) bond motifs is 1. The number of hydrogen-bond donors (Lipinski definition) is 1. The average Bonchev–Trinajstić information content (AvgIpc) is 3.55. The average molecular weight is 398 g/mol. The number of nitrogens with one attached hydrogen (secondary N) is 1. The number of anilines is 1. The third-order valence-electron chi connectivity index (χ3n) is 5.45. The van der Waals surface area contributed by atoms with Gasteiger partial charge in [0.25, 0.3) is 0 Å². The van der Waals surface area contributed by atoms with E-state index in [4.69, 9.17) is 9.47 Å².